The number of carbonyl (C=O) groups excluding carboxylic acids is 1. The van der Waals surface area contributed by atoms with Crippen LogP contribution in [0.2, 0.25) is 0 Å². The Balaban J connectivity index is 2.80. The molecule has 0 aliphatic carbocycles. The Morgan fingerprint density at radius 1 is 1.29 bits per heavy atom. The van der Waals surface area contributed by atoms with E-state index in [4.69, 9.17) is 6.42 Å². The summed E-state index contributed by atoms with van der Waals surface area (Å²) < 4.78 is 36.4. The maximum atomic E-state index is 12.1. The number of para-hydroxylation sites is 1. The highest BCUT2D eigenvalue weighted by Gasteiger charge is 2.26. The number of halogens is 3. The monoisotopic (exact) mass is 298 g/mol. The van der Waals surface area contributed by atoms with Crippen LogP contribution in [-0.4, -0.2) is 24.2 Å². The zero-order chi connectivity index (χ0) is 16.1. The highest BCUT2D eigenvalue weighted by molar-refractivity contribution is 6.00. The summed E-state index contributed by atoms with van der Waals surface area (Å²) >= 11 is 0. The molecule has 1 rings (SSSR count). The number of amides is 1. The van der Waals surface area contributed by atoms with Crippen molar-refractivity contribution < 1.29 is 18.0 Å². The summed E-state index contributed by atoms with van der Waals surface area (Å²) in [6.07, 6.45) is 0.0796. The van der Waals surface area contributed by atoms with Crippen LogP contribution in [0.4, 0.5) is 18.9 Å². The summed E-state index contributed by atoms with van der Waals surface area (Å²) in [6.45, 7) is 3.02. The summed E-state index contributed by atoms with van der Waals surface area (Å²) in [4.78, 5) is 12.1. The van der Waals surface area contributed by atoms with E-state index < -0.39 is 24.0 Å². The standard InChI is InChI=1S/C15H17F3N2O/c1-4-14(2,3)20-13(21)11-7-5-6-8-12(11)19-10-9-15(16,17)18/h1,5-8,19H,9-10H2,2-3H3,(H,20,21). The average Bonchev–Trinajstić information content (AvgIpc) is 2.37. The van der Waals surface area contributed by atoms with E-state index in [0.717, 1.165) is 0 Å². The van der Waals surface area contributed by atoms with Gasteiger partial charge < -0.3 is 10.6 Å². The maximum Gasteiger partial charge on any atom is 0.390 e. The molecule has 0 saturated heterocycles. The average molecular weight is 298 g/mol. The molecule has 2 N–H and O–H groups in total. The van der Waals surface area contributed by atoms with E-state index in [2.05, 4.69) is 16.6 Å². The van der Waals surface area contributed by atoms with Crippen molar-refractivity contribution in [3.8, 4) is 12.3 Å². The third kappa shape index (κ3) is 5.78. The molecule has 1 aromatic rings. The maximum absolute atomic E-state index is 12.1. The van der Waals surface area contributed by atoms with Gasteiger partial charge in [-0.05, 0) is 26.0 Å². The first kappa shape index (κ1) is 16.9. The highest BCUT2D eigenvalue weighted by Crippen LogP contribution is 2.21. The van der Waals surface area contributed by atoms with Crippen molar-refractivity contribution in [1.29, 1.82) is 0 Å². The zero-order valence-corrected chi connectivity index (χ0v) is 11.8. The van der Waals surface area contributed by atoms with E-state index in [1.165, 1.54) is 6.07 Å². The quantitative estimate of drug-likeness (QED) is 0.820. The molecule has 0 unspecified atom stereocenters. The third-order valence-electron chi connectivity index (χ3n) is 2.68. The predicted octanol–water partition coefficient (Wildman–Crippen LogP) is 3.19. The second kappa shape index (κ2) is 6.53. The molecule has 6 heteroatoms. The van der Waals surface area contributed by atoms with Gasteiger partial charge in [-0.25, -0.2) is 0 Å². The van der Waals surface area contributed by atoms with Crippen molar-refractivity contribution in [3.05, 3.63) is 29.8 Å². The van der Waals surface area contributed by atoms with Crippen LogP contribution < -0.4 is 10.6 Å². The SMILES string of the molecule is C#CC(C)(C)NC(=O)c1ccccc1NCCC(F)(F)F. The number of anilines is 1. The molecule has 0 saturated carbocycles. The largest absolute Gasteiger partial charge is 0.390 e. The molecule has 1 amide bonds. The molecule has 0 fully saturated rings. The Kier molecular flexibility index (Phi) is 5.25. The van der Waals surface area contributed by atoms with Crippen LogP contribution in [0.5, 0.6) is 0 Å². The van der Waals surface area contributed by atoms with Crippen LogP contribution in [0.3, 0.4) is 0 Å². The Hall–Kier alpha value is -2.16. The van der Waals surface area contributed by atoms with Gasteiger partial charge in [-0.2, -0.15) is 13.2 Å². The van der Waals surface area contributed by atoms with Gasteiger partial charge in [0.1, 0.15) is 0 Å². The summed E-state index contributed by atoms with van der Waals surface area (Å²) in [7, 11) is 0. The summed E-state index contributed by atoms with van der Waals surface area (Å²) in [5, 5.41) is 5.25. The van der Waals surface area contributed by atoms with Crippen LogP contribution in [0.15, 0.2) is 24.3 Å². The van der Waals surface area contributed by atoms with Crippen molar-refractivity contribution in [2.24, 2.45) is 0 Å². The lowest BCUT2D eigenvalue weighted by Gasteiger charge is -2.21. The summed E-state index contributed by atoms with van der Waals surface area (Å²) in [6, 6.07) is 6.35. The van der Waals surface area contributed by atoms with E-state index in [0.29, 0.717) is 5.69 Å². The highest BCUT2D eigenvalue weighted by atomic mass is 19.4. The van der Waals surface area contributed by atoms with Gasteiger partial charge in [-0.3, -0.25) is 4.79 Å². The molecule has 3 nitrogen and oxygen atoms in total. The number of rotatable bonds is 5. The molecule has 0 aromatic heterocycles. The van der Waals surface area contributed by atoms with Gasteiger partial charge >= 0.3 is 6.18 Å². The van der Waals surface area contributed by atoms with Crippen LogP contribution in [0, 0.1) is 12.3 Å². The van der Waals surface area contributed by atoms with E-state index in [9.17, 15) is 18.0 Å². The van der Waals surface area contributed by atoms with Crippen molar-refractivity contribution in [1.82, 2.24) is 5.32 Å². The van der Waals surface area contributed by atoms with Gasteiger partial charge in [-0.1, -0.05) is 18.1 Å². The lowest BCUT2D eigenvalue weighted by molar-refractivity contribution is -0.131. The molecule has 0 aliphatic rings. The molecule has 0 radical (unpaired) electrons. The van der Waals surface area contributed by atoms with Crippen LogP contribution in [0.1, 0.15) is 30.6 Å². The number of hydrogen-bond donors (Lipinski definition) is 2. The molecule has 1 aromatic carbocycles. The molecule has 0 atom stereocenters. The lowest BCUT2D eigenvalue weighted by atomic mass is 10.1. The van der Waals surface area contributed by atoms with Gasteiger partial charge in [0.05, 0.1) is 17.5 Å². The Labute approximate surface area is 121 Å². The number of benzene rings is 1. The van der Waals surface area contributed by atoms with Crippen LogP contribution >= 0.6 is 0 Å². The fraction of sp³-hybridized carbons (Fsp3) is 0.400. The van der Waals surface area contributed by atoms with E-state index in [1.54, 1.807) is 32.0 Å². The molecule has 0 aliphatic heterocycles. The molecule has 0 bridgehead atoms. The minimum Gasteiger partial charge on any atom is -0.384 e. The Morgan fingerprint density at radius 3 is 2.48 bits per heavy atom. The normalized spacial score (nSPS) is 11.6. The Morgan fingerprint density at radius 2 is 1.90 bits per heavy atom. The van der Waals surface area contributed by atoms with Crippen LogP contribution in [0.25, 0.3) is 0 Å². The first-order chi connectivity index (χ1) is 9.64. The smallest absolute Gasteiger partial charge is 0.384 e. The number of nitrogens with one attached hydrogen (secondary N) is 2. The third-order valence-corrected chi connectivity index (χ3v) is 2.68. The first-order valence-electron chi connectivity index (χ1n) is 6.34. The Bertz CT molecular complexity index is 545. The van der Waals surface area contributed by atoms with Gasteiger partial charge in [0.25, 0.3) is 5.91 Å². The zero-order valence-electron chi connectivity index (χ0n) is 11.8. The summed E-state index contributed by atoms with van der Waals surface area (Å²) in [5.41, 5.74) is -0.244. The van der Waals surface area contributed by atoms with Crippen molar-refractivity contribution in [2.45, 2.75) is 32.0 Å². The lowest BCUT2D eigenvalue weighted by Crippen LogP contribution is -2.42. The summed E-state index contributed by atoms with van der Waals surface area (Å²) in [5.74, 6) is 1.99. The van der Waals surface area contributed by atoms with Gasteiger partial charge in [-0.15, -0.1) is 6.42 Å². The molecular formula is C15H17F3N2O. The van der Waals surface area contributed by atoms with E-state index in [1.807, 2.05) is 0 Å². The van der Waals surface area contributed by atoms with E-state index >= 15 is 0 Å². The van der Waals surface area contributed by atoms with Crippen molar-refractivity contribution in [2.75, 3.05) is 11.9 Å². The fourth-order valence-electron chi connectivity index (χ4n) is 1.56. The van der Waals surface area contributed by atoms with Gasteiger partial charge in [0, 0.05) is 12.2 Å². The predicted molar refractivity (Wildman–Crippen MR) is 76.0 cm³/mol. The van der Waals surface area contributed by atoms with Gasteiger partial charge in [0.2, 0.25) is 0 Å². The molecule has 21 heavy (non-hydrogen) atoms. The van der Waals surface area contributed by atoms with Crippen molar-refractivity contribution >= 4 is 11.6 Å². The molecule has 114 valence electrons. The first-order valence-corrected chi connectivity index (χ1v) is 6.34. The number of hydrogen-bond acceptors (Lipinski definition) is 2. The van der Waals surface area contributed by atoms with Crippen LogP contribution in [-0.2, 0) is 0 Å². The minimum atomic E-state index is -4.24. The molecule has 0 heterocycles. The number of carbonyl (C=O) groups is 1. The number of alkyl halides is 3. The fourth-order valence-corrected chi connectivity index (χ4v) is 1.56. The van der Waals surface area contributed by atoms with Crippen molar-refractivity contribution in [3.63, 3.8) is 0 Å². The second-order valence-electron chi connectivity index (χ2n) is 5.06. The minimum absolute atomic E-state index is 0.253. The topological polar surface area (TPSA) is 41.1 Å². The van der Waals surface area contributed by atoms with Gasteiger partial charge in [0.15, 0.2) is 0 Å². The number of terminal acetylenes is 1. The van der Waals surface area contributed by atoms with E-state index in [-0.39, 0.29) is 12.1 Å². The molecule has 0 spiro atoms. The molecular weight excluding hydrogens is 281 g/mol. The second-order valence-corrected chi connectivity index (χ2v) is 5.06.